The number of guanidine groups is 1. The first kappa shape index (κ1) is 10.2. The van der Waals surface area contributed by atoms with Crippen LogP contribution in [0.1, 0.15) is 13.8 Å². The molecule has 0 radical (unpaired) electrons. The first-order valence-corrected chi connectivity index (χ1v) is 3.42. The molecule has 2 atom stereocenters. The Morgan fingerprint density at radius 3 is 2.64 bits per heavy atom. The molecule has 0 fully saturated rings. The Bertz CT molecular complexity index is 127. The minimum absolute atomic E-state index is 0.0536. The fourth-order valence-electron chi connectivity index (χ4n) is 0.591. The molecule has 0 aliphatic rings. The van der Waals surface area contributed by atoms with E-state index in [1.165, 1.54) is 6.92 Å². The van der Waals surface area contributed by atoms with Crippen LogP contribution in [0.25, 0.3) is 0 Å². The summed E-state index contributed by atoms with van der Waals surface area (Å²) in [5.74, 6) is -0.0910. The molecular formula is C6H15N3O2. The van der Waals surface area contributed by atoms with Crippen molar-refractivity contribution >= 4 is 5.96 Å². The maximum atomic E-state index is 8.70. The molecular weight excluding hydrogens is 146 g/mol. The van der Waals surface area contributed by atoms with Crippen molar-refractivity contribution in [2.45, 2.75) is 26.2 Å². The average molecular weight is 161 g/mol. The molecule has 0 saturated carbocycles. The van der Waals surface area contributed by atoms with Gasteiger partial charge in [-0.05, 0) is 13.8 Å². The molecule has 0 aromatic carbocycles. The molecule has 0 aromatic rings. The lowest BCUT2D eigenvalue weighted by Crippen LogP contribution is -2.40. The van der Waals surface area contributed by atoms with Crippen molar-refractivity contribution in [3.63, 3.8) is 0 Å². The summed E-state index contributed by atoms with van der Waals surface area (Å²) in [5, 5.41) is 18.2. The highest BCUT2D eigenvalue weighted by Gasteiger charge is 2.03. The van der Waals surface area contributed by atoms with Crippen molar-refractivity contribution in [3.05, 3.63) is 0 Å². The van der Waals surface area contributed by atoms with E-state index in [1.54, 1.807) is 0 Å². The van der Waals surface area contributed by atoms with Crippen LogP contribution in [0.15, 0.2) is 0 Å². The van der Waals surface area contributed by atoms with E-state index in [9.17, 15) is 0 Å². The van der Waals surface area contributed by atoms with Crippen LogP contribution in [0.2, 0.25) is 0 Å². The van der Waals surface area contributed by atoms with Crippen LogP contribution in [0.4, 0.5) is 0 Å². The number of ether oxygens (including phenoxy) is 1. The summed E-state index contributed by atoms with van der Waals surface area (Å²) in [4.78, 5) is 0. The van der Waals surface area contributed by atoms with Crippen LogP contribution in [-0.2, 0) is 4.74 Å². The minimum Gasteiger partial charge on any atom is -0.370 e. The van der Waals surface area contributed by atoms with Crippen LogP contribution in [0.3, 0.4) is 0 Å². The molecule has 0 saturated heterocycles. The first-order chi connectivity index (χ1) is 5.02. The zero-order chi connectivity index (χ0) is 8.85. The van der Waals surface area contributed by atoms with E-state index in [0.29, 0.717) is 6.61 Å². The molecule has 5 N–H and O–H groups in total. The van der Waals surface area contributed by atoms with Crippen LogP contribution in [0, 0.1) is 5.41 Å². The number of aliphatic hydroxyl groups excluding tert-OH is 1. The molecule has 5 nitrogen and oxygen atoms in total. The Morgan fingerprint density at radius 2 is 2.27 bits per heavy atom. The maximum Gasteiger partial charge on any atom is 0.185 e. The summed E-state index contributed by atoms with van der Waals surface area (Å²) in [6, 6.07) is -0.0536. The van der Waals surface area contributed by atoms with Gasteiger partial charge in [-0.2, -0.15) is 0 Å². The van der Waals surface area contributed by atoms with Crippen molar-refractivity contribution < 1.29 is 9.84 Å². The lowest BCUT2D eigenvalue weighted by Gasteiger charge is -2.14. The second kappa shape index (κ2) is 4.92. The molecule has 2 unspecified atom stereocenters. The molecule has 0 heterocycles. The van der Waals surface area contributed by atoms with Gasteiger partial charge in [-0.25, -0.2) is 0 Å². The van der Waals surface area contributed by atoms with Gasteiger partial charge in [-0.1, -0.05) is 0 Å². The van der Waals surface area contributed by atoms with Crippen molar-refractivity contribution in [1.82, 2.24) is 5.32 Å². The van der Waals surface area contributed by atoms with Gasteiger partial charge in [0.1, 0.15) is 0 Å². The van der Waals surface area contributed by atoms with Crippen LogP contribution < -0.4 is 11.1 Å². The van der Waals surface area contributed by atoms with Crippen LogP contribution >= 0.6 is 0 Å². The standard InChI is InChI=1S/C6H15N3O2/c1-4(9-6(7)8)3-11-5(2)10/h4-5,10H,3H2,1-2H3,(H4,7,8,9). The van der Waals surface area contributed by atoms with Crippen LogP contribution in [-0.4, -0.2) is 30.0 Å². The van der Waals surface area contributed by atoms with Gasteiger partial charge in [0, 0.05) is 6.04 Å². The zero-order valence-electron chi connectivity index (χ0n) is 6.79. The van der Waals surface area contributed by atoms with Gasteiger partial charge in [-0.15, -0.1) is 0 Å². The summed E-state index contributed by atoms with van der Waals surface area (Å²) >= 11 is 0. The van der Waals surface area contributed by atoms with Crippen LogP contribution in [0.5, 0.6) is 0 Å². The Kier molecular flexibility index (Phi) is 4.56. The third-order valence-corrected chi connectivity index (χ3v) is 0.989. The predicted molar refractivity (Wildman–Crippen MR) is 42.1 cm³/mol. The van der Waals surface area contributed by atoms with E-state index in [0.717, 1.165) is 0 Å². The molecule has 0 spiro atoms. The van der Waals surface area contributed by atoms with E-state index >= 15 is 0 Å². The minimum atomic E-state index is -0.772. The fraction of sp³-hybridized carbons (Fsp3) is 0.833. The molecule has 0 bridgehead atoms. The van der Waals surface area contributed by atoms with Crippen molar-refractivity contribution in [1.29, 1.82) is 5.41 Å². The van der Waals surface area contributed by atoms with Crippen molar-refractivity contribution in [3.8, 4) is 0 Å². The Hall–Kier alpha value is -0.810. The highest BCUT2D eigenvalue weighted by molar-refractivity contribution is 5.74. The highest BCUT2D eigenvalue weighted by atomic mass is 16.6. The lowest BCUT2D eigenvalue weighted by molar-refractivity contribution is -0.0890. The van der Waals surface area contributed by atoms with E-state index in [1.807, 2.05) is 6.92 Å². The summed E-state index contributed by atoms with van der Waals surface area (Å²) < 4.78 is 4.85. The summed E-state index contributed by atoms with van der Waals surface area (Å²) in [6.07, 6.45) is -0.772. The largest absolute Gasteiger partial charge is 0.370 e. The lowest BCUT2D eigenvalue weighted by atomic mass is 10.4. The molecule has 0 aromatic heterocycles. The van der Waals surface area contributed by atoms with Gasteiger partial charge in [0.05, 0.1) is 6.61 Å². The molecule has 0 aliphatic heterocycles. The van der Waals surface area contributed by atoms with E-state index in [-0.39, 0.29) is 12.0 Å². The third kappa shape index (κ3) is 7.08. The molecule has 0 rings (SSSR count). The number of rotatable bonds is 4. The first-order valence-electron chi connectivity index (χ1n) is 3.42. The Labute approximate surface area is 66.0 Å². The van der Waals surface area contributed by atoms with Gasteiger partial charge >= 0.3 is 0 Å². The SMILES string of the molecule is CC(COC(C)O)NC(=N)N. The smallest absolute Gasteiger partial charge is 0.185 e. The predicted octanol–water partition coefficient (Wildman–Crippen LogP) is -0.787. The highest BCUT2D eigenvalue weighted by Crippen LogP contribution is 1.87. The van der Waals surface area contributed by atoms with E-state index < -0.39 is 6.29 Å². The van der Waals surface area contributed by atoms with Gasteiger partial charge < -0.3 is 20.9 Å². The normalized spacial score (nSPS) is 15.5. The number of aliphatic hydroxyl groups is 1. The van der Waals surface area contributed by atoms with E-state index in [2.05, 4.69) is 5.32 Å². The number of nitrogens with two attached hydrogens (primary N) is 1. The number of nitrogens with one attached hydrogen (secondary N) is 2. The van der Waals surface area contributed by atoms with Gasteiger partial charge in [0.2, 0.25) is 0 Å². The number of hydrogen-bond acceptors (Lipinski definition) is 3. The van der Waals surface area contributed by atoms with Crippen molar-refractivity contribution in [2.75, 3.05) is 6.61 Å². The zero-order valence-corrected chi connectivity index (χ0v) is 6.79. The number of hydrogen-bond donors (Lipinski definition) is 4. The van der Waals surface area contributed by atoms with Gasteiger partial charge in [0.15, 0.2) is 12.2 Å². The average Bonchev–Trinajstić information content (AvgIpc) is 1.82. The fourth-order valence-corrected chi connectivity index (χ4v) is 0.591. The Balaban J connectivity index is 3.37. The molecule has 11 heavy (non-hydrogen) atoms. The Morgan fingerprint density at radius 1 is 1.73 bits per heavy atom. The summed E-state index contributed by atoms with van der Waals surface area (Å²) in [5.41, 5.74) is 5.05. The summed E-state index contributed by atoms with van der Waals surface area (Å²) in [7, 11) is 0. The molecule has 5 heteroatoms. The molecule has 0 amide bonds. The topological polar surface area (TPSA) is 91.4 Å². The molecule has 66 valence electrons. The third-order valence-electron chi connectivity index (χ3n) is 0.989. The van der Waals surface area contributed by atoms with E-state index in [4.69, 9.17) is 21.0 Å². The second-order valence-electron chi connectivity index (χ2n) is 2.39. The quantitative estimate of drug-likeness (QED) is 0.247. The monoisotopic (exact) mass is 161 g/mol. The summed E-state index contributed by atoms with van der Waals surface area (Å²) in [6.45, 7) is 3.67. The van der Waals surface area contributed by atoms with Crippen molar-refractivity contribution in [2.24, 2.45) is 5.73 Å². The molecule has 0 aliphatic carbocycles. The van der Waals surface area contributed by atoms with Gasteiger partial charge in [-0.3, -0.25) is 5.41 Å². The maximum absolute atomic E-state index is 8.70. The second-order valence-corrected chi connectivity index (χ2v) is 2.39. The van der Waals surface area contributed by atoms with Gasteiger partial charge in [0.25, 0.3) is 0 Å².